The summed E-state index contributed by atoms with van der Waals surface area (Å²) in [5.74, 6) is -0.179. The van der Waals surface area contributed by atoms with Crippen LogP contribution < -0.4 is 4.74 Å². The highest BCUT2D eigenvalue weighted by molar-refractivity contribution is 6.04. The highest BCUT2D eigenvalue weighted by Gasteiger charge is 2.58. The molecule has 120 valence electrons. The average Bonchev–Trinajstić information content (AvgIpc) is 3.28. The summed E-state index contributed by atoms with van der Waals surface area (Å²) in [5, 5.41) is 9.18. The van der Waals surface area contributed by atoms with Gasteiger partial charge in [-0.2, -0.15) is 0 Å². The first kappa shape index (κ1) is 16.3. The third-order valence-electron chi connectivity index (χ3n) is 4.24. The fraction of sp³-hybridized carbons (Fsp3) is 0.529. The minimum atomic E-state index is -1.14. The van der Waals surface area contributed by atoms with E-state index in [4.69, 9.17) is 4.74 Å². The Labute approximate surface area is 130 Å². The summed E-state index contributed by atoms with van der Waals surface area (Å²) in [6.07, 6.45) is 1.75. The van der Waals surface area contributed by atoms with E-state index in [2.05, 4.69) is 6.92 Å². The van der Waals surface area contributed by atoms with E-state index in [0.717, 1.165) is 12.2 Å². The monoisotopic (exact) mass is 305 g/mol. The first-order valence-corrected chi connectivity index (χ1v) is 7.51. The predicted octanol–water partition coefficient (Wildman–Crippen LogP) is 2.20. The molecule has 0 radical (unpaired) electrons. The summed E-state index contributed by atoms with van der Waals surface area (Å²) in [6.45, 7) is 2.62. The fourth-order valence-electron chi connectivity index (χ4n) is 2.79. The molecule has 2 rings (SSSR count). The van der Waals surface area contributed by atoms with E-state index < -0.39 is 11.4 Å². The summed E-state index contributed by atoms with van der Waals surface area (Å²) >= 11 is 0. The van der Waals surface area contributed by atoms with Crippen LogP contribution in [-0.2, 0) is 16.0 Å². The van der Waals surface area contributed by atoms with Crippen LogP contribution in [0.25, 0.3) is 0 Å². The van der Waals surface area contributed by atoms with Gasteiger partial charge in [-0.05, 0) is 42.9 Å². The summed E-state index contributed by atoms with van der Waals surface area (Å²) < 4.78 is 5.13. The Bertz CT molecular complexity index is 548. The summed E-state index contributed by atoms with van der Waals surface area (Å²) in [6, 6.07) is 7.86. The predicted molar refractivity (Wildman–Crippen MR) is 82.8 cm³/mol. The zero-order valence-corrected chi connectivity index (χ0v) is 13.3. The van der Waals surface area contributed by atoms with Crippen molar-refractivity contribution in [1.29, 1.82) is 0 Å². The standard InChI is InChI=1S/C17H23NO4/c1-12(10-13-4-6-14(22-3)7-5-13)11-18(2)15(19)17(8-9-17)16(20)21/h4-7,12H,8-11H2,1-3H3,(H,20,21). The Morgan fingerprint density at radius 2 is 1.91 bits per heavy atom. The lowest BCUT2D eigenvalue weighted by molar-refractivity contribution is -0.153. The number of carboxylic acids is 1. The van der Waals surface area contributed by atoms with Gasteiger partial charge in [0.15, 0.2) is 0 Å². The van der Waals surface area contributed by atoms with Gasteiger partial charge in [0.05, 0.1) is 7.11 Å². The molecule has 0 bridgehead atoms. The van der Waals surface area contributed by atoms with Crippen molar-refractivity contribution in [3.63, 3.8) is 0 Å². The van der Waals surface area contributed by atoms with Crippen molar-refractivity contribution < 1.29 is 19.4 Å². The highest BCUT2D eigenvalue weighted by Crippen LogP contribution is 2.47. The highest BCUT2D eigenvalue weighted by atomic mass is 16.5. The molecule has 0 spiro atoms. The number of ether oxygens (including phenoxy) is 1. The maximum absolute atomic E-state index is 12.3. The van der Waals surface area contributed by atoms with Crippen LogP contribution in [0.15, 0.2) is 24.3 Å². The zero-order valence-electron chi connectivity index (χ0n) is 13.3. The van der Waals surface area contributed by atoms with Crippen LogP contribution in [0.5, 0.6) is 5.75 Å². The number of nitrogens with zero attached hydrogens (tertiary/aromatic N) is 1. The van der Waals surface area contributed by atoms with Crippen LogP contribution in [0.4, 0.5) is 0 Å². The van der Waals surface area contributed by atoms with Gasteiger partial charge in [-0.1, -0.05) is 19.1 Å². The number of hydrogen-bond donors (Lipinski definition) is 1. The molecule has 22 heavy (non-hydrogen) atoms. The minimum absolute atomic E-state index is 0.256. The maximum atomic E-state index is 12.3. The Morgan fingerprint density at radius 1 is 1.32 bits per heavy atom. The third-order valence-corrected chi connectivity index (χ3v) is 4.24. The first-order chi connectivity index (χ1) is 10.4. The van der Waals surface area contributed by atoms with Crippen LogP contribution in [-0.4, -0.2) is 42.6 Å². The SMILES string of the molecule is COc1ccc(CC(C)CN(C)C(=O)C2(C(=O)O)CC2)cc1. The van der Waals surface area contributed by atoms with E-state index >= 15 is 0 Å². The summed E-state index contributed by atoms with van der Waals surface area (Å²) in [4.78, 5) is 25.0. The van der Waals surface area contributed by atoms with Crippen LogP contribution in [0.1, 0.15) is 25.3 Å². The van der Waals surface area contributed by atoms with Gasteiger partial charge in [0.25, 0.3) is 0 Å². The van der Waals surface area contributed by atoms with E-state index in [1.54, 1.807) is 19.1 Å². The molecule has 1 aliphatic rings. The molecule has 1 N–H and O–H groups in total. The van der Waals surface area contributed by atoms with Crippen molar-refractivity contribution in [1.82, 2.24) is 4.90 Å². The van der Waals surface area contributed by atoms with Gasteiger partial charge >= 0.3 is 5.97 Å². The molecule has 1 unspecified atom stereocenters. The normalized spacial score (nSPS) is 16.7. The Kier molecular flexibility index (Phi) is 4.74. The lowest BCUT2D eigenvalue weighted by Gasteiger charge is -2.24. The molecule has 1 amide bonds. The van der Waals surface area contributed by atoms with Gasteiger partial charge in [0.1, 0.15) is 11.2 Å². The second-order valence-corrected chi connectivity index (χ2v) is 6.23. The van der Waals surface area contributed by atoms with Gasteiger partial charge in [0.2, 0.25) is 5.91 Å². The number of methoxy groups -OCH3 is 1. The van der Waals surface area contributed by atoms with Crippen molar-refractivity contribution in [3.8, 4) is 5.75 Å². The lowest BCUT2D eigenvalue weighted by Crippen LogP contribution is -2.40. The van der Waals surface area contributed by atoms with E-state index in [9.17, 15) is 14.7 Å². The molecule has 1 atom stereocenters. The molecule has 0 aliphatic heterocycles. The number of aliphatic carboxylic acids is 1. The van der Waals surface area contributed by atoms with E-state index in [1.807, 2.05) is 24.3 Å². The molecule has 1 aromatic rings. The molecule has 5 heteroatoms. The van der Waals surface area contributed by atoms with Gasteiger partial charge in [-0.25, -0.2) is 0 Å². The Hall–Kier alpha value is -2.04. The Morgan fingerprint density at radius 3 is 2.36 bits per heavy atom. The van der Waals surface area contributed by atoms with Crippen molar-refractivity contribution in [3.05, 3.63) is 29.8 Å². The van der Waals surface area contributed by atoms with Crippen molar-refractivity contribution in [2.75, 3.05) is 20.7 Å². The molecule has 0 aromatic heterocycles. The smallest absolute Gasteiger partial charge is 0.319 e. The number of carbonyl (C=O) groups excluding carboxylic acids is 1. The molecule has 1 saturated carbocycles. The van der Waals surface area contributed by atoms with Gasteiger partial charge in [-0.3, -0.25) is 9.59 Å². The molecule has 1 fully saturated rings. The molecule has 5 nitrogen and oxygen atoms in total. The van der Waals surface area contributed by atoms with E-state index in [1.165, 1.54) is 5.56 Å². The second kappa shape index (κ2) is 6.38. The van der Waals surface area contributed by atoms with Gasteiger partial charge in [0, 0.05) is 13.6 Å². The second-order valence-electron chi connectivity index (χ2n) is 6.23. The number of carbonyl (C=O) groups is 2. The van der Waals surface area contributed by atoms with Crippen molar-refractivity contribution in [2.24, 2.45) is 11.3 Å². The molecule has 1 aromatic carbocycles. The van der Waals surface area contributed by atoms with Crippen LogP contribution in [0.3, 0.4) is 0 Å². The minimum Gasteiger partial charge on any atom is -0.497 e. The Balaban J connectivity index is 1.89. The number of hydrogen-bond acceptors (Lipinski definition) is 3. The summed E-state index contributed by atoms with van der Waals surface area (Å²) in [5.41, 5.74) is 0.0303. The maximum Gasteiger partial charge on any atom is 0.319 e. The average molecular weight is 305 g/mol. The quantitative estimate of drug-likeness (QED) is 0.784. The number of carboxylic acid groups (broad SMARTS) is 1. The number of rotatable bonds is 7. The lowest BCUT2D eigenvalue weighted by atomic mass is 9.99. The van der Waals surface area contributed by atoms with Crippen molar-refractivity contribution >= 4 is 11.9 Å². The van der Waals surface area contributed by atoms with Crippen LogP contribution in [0, 0.1) is 11.3 Å². The molecule has 0 heterocycles. The van der Waals surface area contributed by atoms with Crippen LogP contribution >= 0.6 is 0 Å². The topological polar surface area (TPSA) is 66.8 Å². The van der Waals surface area contributed by atoms with E-state index in [0.29, 0.717) is 19.4 Å². The zero-order chi connectivity index (χ0) is 16.3. The van der Waals surface area contributed by atoms with Crippen LogP contribution in [0.2, 0.25) is 0 Å². The summed E-state index contributed by atoms with van der Waals surface area (Å²) in [7, 11) is 3.32. The molecular formula is C17H23NO4. The number of amides is 1. The molecule has 1 aliphatic carbocycles. The number of benzene rings is 1. The van der Waals surface area contributed by atoms with Gasteiger partial charge in [-0.15, -0.1) is 0 Å². The third kappa shape index (κ3) is 3.40. The molecule has 0 saturated heterocycles. The van der Waals surface area contributed by atoms with Gasteiger partial charge < -0.3 is 14.7 Å². The fourth-order valence-corrected chi connectivity index (χ4v) is 2.79. The largest absolute Gasteiger partial charge is 0.497 e. The first-order valence-electron chi connectivity index (χ1n) is 7.51. The van der Waals surface area contributed by atoms with Crippen molar-refractivity contribution in [2.45, 2.75) is 26.2 Å². The molecular weight excluding hydrogens is 282 g/mol. The van der Waals surface area contributed by atoms with E-state index in [-0.39, 0.29) is 11.8 Å².